The van der Waals surface area contributed by atoms with Gasteiger partial charge in [-0.2, -0.15) is 0 Å². The highest BCUT2D eigenvalue weighted by atomic mass is 16.7. The molecule has 1 heterocycles. The fourth-order valence-corrected chi connectivity index (χ4v) is 12.8. The maximum Gasteiger partial charge on any atom is 0.314 e. The third-order valence-corrected chi connectivity index (χ3v) is 15.4. The molecule has 44 heavy (non-hydrogen) atoms. The van der Waals surface area contributed by atoms with Crippen LogP contribution in [0, 0.1) is 56.7 Å². The molecule has 0 bridgehead atoms. The van der Waals surface area contributed by atoms with Gasteiger partial charge < -0.3 is 35.0 Å². The van der Waals surface area contributed by atoms with Gasteiger partial charge in [0.05, 0.1) is 18.1 Å². The fraction of sp³-hybridized carbons (Fsp3) is 0.943. The minimum Gasteiger partial charge on any atom is -0.432 e. The number of ketones is 1. The molecule has 1 aliphatic heterocycles. The Kier molecular flexibility index (Phi) is 7.99. The van der Waals surface area contributed by atoms with Gasteiger partial charge in [0, 0.05) is 5.92 Å². The molecule has 15 unspecified atom stereocenters. The van der Waals surface area contributed by atoms with Crippen LogP contribution >= 0.6 is 0 Å². The van der Waals surface area contributed by atoms with Crippen molar-refractivity contribution in [3.05, 3.63) is 0 Å². The van der Waals surface area contributed by atoms with Crippen molar-refractivity contribution in [2.75, 3.05) is 6.61 Å². The number of aliphatic hydroxyl groups is 5. The lowest BCUT2D eigenvalue weighted by molar-refractivity contribution is -0.299. The van der Waals surface area contributed by atoms with Crippen molar-refractivity contribution in [2.24, 2.45) is 56.7 Å². The molecule has 250 valence electrons. The molecule has 9 heteroatoms. The largest absolute Gasteiger partial charge is 0.432 e. The molecule has 6 aliphatic rings. The summed E-state index contributed by atoms with van der Waals surface area (Å²) in [5.41, 5.74) is -0.972. The van der Waals surface area contributed by atoms with Crippen molar-refractivity contribution >= 4 is 11.8 Å². The first kappa shape index (κ1) is 32.8. The van der Waals surface area contributed by atoms with Gasteiger partial charge in [-0.05, 0) is 116 Å². The number of aliphatic hydroxyl groups excluding tert-OH is 5. The van der Waals surface area contributed by atoms with Crippen molar-refractivity contribution in [1.29, 1.82) is 0 Å². The number of hydrogen-bond acceptors (Lipinski definition) is 9. The van der Waals surface area contributed by atoms with E-state index in [0.717, 1.165) is 44.9 Å². The van der Waals surface area contributed by atoms with Crippen LogP contribution in [-0.4, -0.2) is 80.7 Å². The molecule has 5 aliphatic carbocycles. The second-order valence-corrected chi connectivity index (χ2v) is 17.1. The number of ether oxygens (including phenoxy) is 2. The van der Waals surface area contributed by atoms with Gasteiger partial charge in [0.2, 0.25) is 6.29 Å². The number of esters is 1. The number of carbonyl (C=O) groups excluding carboxylic acids is 2. The molecule has 0 radical (unpaired) electrons. The molecule has 6 fully saturated rings. The summed E-state index contributed by atoms with van der Waals surface area (Å²) in [5.74, 6) is 0.244. The fourth-order valence-electron chi connectivity index (χ4n) is 12.8. The Morgan fingerprint density at radius 3 is 2.14 bits per heavy atom. The predicted molar refractivity (Wildman–Crippen MR) is 161 cm³/mol. The predicted octanol–water partition coefficient (Wildman–Crippen LogP) is 3.36. The first-order valence-electron chi connectivity index (χ1n) is 17.2. The van der Waals surface area contributed by atoms with Gasteiger partial charge in [-0.25, -0.2) is 0 Å². The highest BCUT2D eigenvalue weighted by Crippen LogP contribution is 2.77. The van der Waals surface area contributed by atoms with Gasteiger partial charge in [-0.1, -0.05) is 34.6 Å². The van der Waals surface area contributed by atoms with Crippen LogP contribution in [0.15, 0.2) is 0 Å². The summed E-state index contributed by atoms with van der Waals surface area (Å²) in [6, 6.07) is 0. The summed E-state index contributed by atoms with van der Waals surface area (Å²) in [7, 11) is 0. The van der Waals surface area contributed by atoms with Gasteiger partial charge in [-0.15, -0.1) is 0 Å². The van der Waals surface area contributed by atoms with Crippen LogP contribution in [0.4, 0.5) is 0 Å². The SMILES string of the molecule is CC(=O)C1CCC2(C(=O)OC3OC(CO)C(O)C(O)C3O)CCC3(C)C(CCC4C5(C)CCC(O)C(C)(C)C5CCC43C)C12. The van der Waals surface area contributed by atoms with Crippen LogP contribution in [0.3, 0.4) is 0 Å². The number of hydrogen-bond donors (Lipinski definition) is 5. The molecule has 15 atom stereocenters. The molecule has 6 rings (SSSR count). The maximum atomic E-state index is 14.3. The lowest BCUT2D eigenvalue weighted by atomic mass is 9.32. The van der Waals surface area contributed by atoms with E-state index < -0.39 is 48.7 Å². The zero-order valence-corrected chi connectivity index (χ0v) is 27.5. The van der Waals surface area contributed by atoms with Crippen molar-refractivity contribution in [3.63, 3.8) is 0 Å². The summed E-state index contributed by atoms with van der Waals surface area (Å²) in [5, 5.41) is 51.9. The molecule has 1 saturated heterocycles. The minimum absolute atomic E-state index is 0.0246. The van der Waals surface area contributed by atoms with Gasteiger partial charge in [-0.3, -0.25) is 9.59 Å². The average molecular weight is 621 g/mol. The summed E-state index contributed by atoms with van der Waals surface area (Å²) in [6.45, 7) is 12.9. The number of carbonyl (C=O) groups is 2. The quantitative estimate of drug-likeness (QED) is 0.298. The number of Topliss-reactive ketones (excluding diaryl/α,β-unsaturated/α-hetero) is 1. The van der Waals surface area contributed by atoms with E-state index in [-0.39, 0.29) is 51.3 Å². The van der Waals surface area contributed by atoms with Crippen LogP contribution in [0.5, 0.6) is 0 Å². The van der Waals surface area contributed by atoms with Crippen molar-refractivity contribution in [3.8, 4) is 0 Å². The lowest BCUT2D eigenvalue weighted by Crippen LogP contribution is -2.67. The first-order chi connectivity index (χ1) is 20.5. The molecule has 0 aromatic carbocycles. The van der Waals surface area contributed by atoms with E-state index in [1.54, 1.807) is 6.92 Å². The van der Waals surface area contributed by atoms with E-state index in [0.29, 0.717) is 31.1 Å². The van der Waals surface area contributed by atoms with Gasteiger partial charge in [0.15, 0.2) is 0 Å². The second kappa shape index (κ2) is 10.7. The Labute approximate surface area is 262 Å². The van der Waals surface area contributed by atoms with E-state index in [2.05, 4.69) is 34.6 Å². The molecule has 0 aromatic heterocycles. The topological polar surface area (TPSA) is 154 Å². The van der Waals surface area contributed by atoms with Crippen molar-refractivity contribution in [1.82, 2.24) is 0 Å². The molecular formula is C35H56O9. The van der Waals surface area contributed by atoms with Crippen LogP contribution < -0.4 is 0 Å². The lowest BCUT2D eigenvalue weighted by Gasteiger charge is -2.72. The van der Waals surface area contributed by atoms with Gasteiger partial charge in [0.25, 0.3) is 0 Å². The van der Waals surface area contributed by atoms with Crippen LogP contribution in [0.25, 0.3) is 0 Å². The van der Waals surface area contributed by atoms with E-state index in [4.69, 9.17) is 9.47 Å². The Balaban J connectivity index is 1.33. The van der Waals surface area contributed by atoms with E-state index in [1.165, 1.54) is 0 Å². The van der Waals surface area contributed by atoms with Crippen molar-refractivity contribution in [2.45, 2.75) is 143 Å². The number of rotatable bonds is 4. The first-order valence-corrected chi connectivity index (χ1v) is 17.2. The Morgan fingerprint density at radius 1 is 0.773 bits per heavy atom. The smallest absolute Gasteiger partial charge is 0.314 e. The normalized spacial score (nSPS) is 54.8. The van der Waals surface area contributed by atoms with E-state index >= 15 is 0 Å². The molecule has 9 nitrogen and oxygen atoms in total. The number of fused-ring (bicyclic) bond motifs is 7. The Morgan fingerprint density at radius 2 is 1.48 bits per heavy atom. The minimum atomic E-state index is -1.66. The van der Waals surface area contributed by atoms with Crippen LogP contribution in [0.1, 0.15) is 106 Å². The molecular weight excluding hydrogens is 564 g/mol. The summed E-state index contributed by atoms with van der Waals surface area (Å²) < 4.78 is 11.4. The standard InChI is InChI=1S/C35H56O9/c1-18(37)19-9-14-35(30(42)44-29-28(41)27(40)26(39)21(17-36)43-29)16-15-33(5)20(25(19)35)7-8-23-32(4)12-11-24(38)31(2,3)22(32)10-13-34(23,33)6/h19-29,36,38-41H,7-17H2,1-6H3. The average Bonchev–Trinajstić information content (AvgIpc) is 3.37. The highest BCUT2D eigenvalue weighted by Gasteiger charge is 2.72. The Bertz CT molecular complexity index is 1160. The maximum absolute atomic E-state index is 14.3. The van der Waals surface area contributed by atoms with Gasteiger partial charge in [0.1, 0.15) is 30.2 Å². The summed E-state index contributed by atoms with van der Waals surface area (Å²) in [6.07, 6.45) is 0.726. The van der Waals surface area contributed by atoms with Crippen LogP contribution in [0.2, 0.25) is 0 Å². The molecule has 5 saturated carbocycles. The molecule has 5 N–H and O–H groups in total. The summed E-state index contributed by atoms with van der Waals surface area (Å²) >= 11 is 0. The third kappa shape index (κ3) is 4.24. The zero-order valence-electron chi connectivity index (χ0n) is 27.5. The molecule has 0 spiro atoms. The van der Waals surface area contributed by atoms with E-state index in [9.17, 15) is 35.1 Å². The van der Waals surface area contributed by atoms with Crippen LogP contribution in [-0.2, 0) is 19.1 Å². The molecule has 0 aromatic rings. The zero-order chi connectivity index (χ0) is 32.2. The van der Waals surface area contributed by atoms with Gasteiger partial charge >= 0.3 is 5.97 Å². The third-order valence-electron chi connectivity index (χ3n) is 15.4. The molecule has 0 amide bonds. The second-order valence-electron chi connectivity index (χ2n) is 17.1. The Hall–Kier alpha value is -1.10. The van der Waals surface area contributed by atoms with E-state index in [1.807, 2.05) is 0 Å². The highest BCUT2D eigenvalue weighted by molar-refractivity contribution is 5.84. The monoisotopic (exact) mass is 620 g/mol. The van der Waals surface area contributed by atoms with Crippen molar-refractivity contribution < 1.29 is 44.6 Å². The summed E-state index contributed by atoms with van der Waals surface area (Å²) in [4.78, 5) is 27.5.